The minimum absolute atomic E-state index is 0.211. The number of anilines is 2. The van der Waals surface area contributed by atoms with Gasteiger partial charge in [-0.3, -0.25) is 10.1 Å². The van der Waals surface area contributed by atoms with Gasteiger partial charge in [0.2, 0.25) is 0 Å². The molecule has 0 spiro atoms. The van der Waals surface area contributed by atoms with E-state index in [1.165, 1.54) is 11.3 Å². The van der Waals surface area contributed by atoms with Crippen LogP contribution >= 0.6 is 11.3 Å². The summed E-state index contributed by atoms with van der Waals surface area (Å²) in [6, 6.07) is 8.67. The summed E-state index contributed by atoms with van der Waals surface area (Å²) >= 11 is 1.24. The maximum atomic E-state index is 12.3. The van der Waals surface area contributed by atoms with E-state index in [0.717, 1.165) is 16.1 Å². The van der Waals surface area contributed by atoms with Gasteiger partial charge < -0.3 is 26.0 Å². The molecule has 1 fully saturated rings. The lowest BCUT2D eigenvalue weighted by atomic mass is 10.1. The van der Waals surface area contributed by atoms with Gasteiger partial charge >= 0.3 is 12.1 Å². The molecule has 10 heteroatoms. The quantitative estimate of drug-likeness (QED) is 0.666. The minimum atomic E-state index is -0.762. The second-order valence-corrected chi connectivity index (χ2v) is 9.23. The number of thiophene rings is 1. The van der Waals surface area contributed by atoms with Crippen LogP contribution in [0.4, 0.5) is 20.3 Å². The summed E-state index contributed by atoms with van der Waals surface area (Å²) in [5.74, 6) is -0.644. The zero-order chi connectivity index (χ0) is 22.8. The van der Waals surface area contributed by atoms with Crippen LogP contribution in [0.5, 0.6) is 0 Å². The number of benzene rings is 1. The van der Waals surface area contributed by atoms with Crippen LogP contribution in [0, 0.1) is 0 Å². The van der Waals surface area contributed by atoms with Gasteiger partial charge in [0.25, 0.3) is 5.91 Å². The lowest BCUT2D eigenvalue weighted by Crippen LogP contribution is -2.50. The van der Waals surface area contributed by atoms with E-state index in [9.17, 15) is 14.4 Å². The maximum absolute atomic E-state index is 12.3. The molecule has 1 aliphatic heterocycles. The van der Waals surface area contributed by atoms with E-state index in [-0.39, 0.29) is 11.7 Å². The van der Waals surface area contributed by atoms with Crippen LogP contribution in [0.25, 0.3) is 10.4 Å². The molecule has 4 amide bonds. The second-order valence-electron chi connectivity index (χ2n) is 8.18. The van der Waals surface area contributed by atoms with Crippen LogP contribution in [0.2, 0.25) is 0 Å². The lowest BCUT2D eigenvalue weighted by molar-refractivity contribution is 0.0240. The van der Waals surface area contributed by atoms with E-state index in [1.807, 2.05) is 45.0 Å². The largest absolute Gasteiger partial charge is 0.444 e. The Kier molecular flexibility index (Phi) is 6.40. The Morgan fingerprint density at radius 3 is 2.29 bits per heavy atom. The predicted molar refractivity (Wildman–Crippen MR) is 121 cm³/mol. The number of hydrogen-bond donors (Lipinski definition) is 3. The molecule has 0 radical (unpaired) electrons. The van der Waals surface area contributed by atoms with Crippen molar-refractivity contribution in [2.24, 2.45) is 11.5 Å². The summed E-state index contributed by atoms with van der Waals surface area (Å²) in [7, 11) is 0. The van der Waals surface area contributed by atoms with Crippen molar-refractivity contribution < 1.29 is 19.1 Å². The first-order valence-corrected chi connectivity index (χ1v) is 10.7. The number of carbonyl (C=O) groups is 3. The molecule has 0 saturated carbocycles. The topological polar surface area (TPSA) is 131 Å². The van der Waals surface area contributed by atoms with E-state index in [1.54, 1.807) is 11.0 Å². The highest BCUT2D eigenvalue weighted by Crippen LogP contribution is 2.40. The van der Waals surface area contributed by atoms with E-state index in [0.29, 0.717) is 31.2 Å². The number of para-hydroxylation sites is 1. The number of nitrogens with zero attached hydrogens (tertiary/aromatic N) is 2. The van der Waals surface area contributed by atoms with Gasteiger partial charge in [0, 0.05) is 42.3 Å². The van der Waals surface area contributed by atoms with Crippen LogP contribution < -0.4 is 21.7 Å². The van der Waals surface area contributed by atoms with Crippen LogP contribution in [0.1, 0.15) is 31.1 Å². The van der Waals surface area contributed by atoms with Crippen molar-refractivity contribution in [3.8, 4) is 10.4 Å². The Labute approximate surface area is 184 Å². The number of carbonyl (C=O) groups excluding carboxylic acids is 3. The number of ether oxygens (including phenoxy) is 1. The number of rotatable bonds is 4. The Hall–Kier alpha value is -3.27. The third-order valence-electron chi connectivity index (χ3n) is 4.68. The molecule has 166 valence electrons. The molecule has 5 N–H and O–H groups in total. The highest BCUT2D eigenvalue weighted by atomic mass is 32.1. The smallest absolute Gasteiger partial charge is 0.410 e. The van der Waals surface area contributed by atoms with Crippen molar-refractivity contribution in [1.82, 2.24) is 4.90 Å². The fraction of sp³-hybridized carbons (Fsp3) is 0.381. The molecular formula is C21H27N5O4S. The monoisotopic (exact) mass is 445 g/mol. The molecule has 1 aromatic carbocycles. The van der Waals surface area contributed by atoms with Crippen molar-refractivity contribution in [3.63, 3.8) is 0 Å². The second kappa shape index (κ2) is 8.84. The van der Waals surface area contributed by atoms with Crippen LogP contribution in [0.15, 0.2) is 30.3 Å². The van der Waals surface area contributed by atoms with Crippen molar-refractivity contribution in [2.45, 2.75) is 26.4 Å². The third-order valence-corrected chi connectivity index (χ3v) is 5.76. The van der Waals surface area contributed by atoms with Gasteiger partial charge in [-0.2, -0.15) is 0 Å². The van der Waals surface area contributed by atoms with Gasteiger partial charge in [0.15, 0.2) is 0 Å². The average molecular weight is 446 g/mol. The third kappa shape index (κ3) is 5.46. The summed E-state index contributed by atoms with van der Waals surface area (Å²) in [6.45, 7) is 7.89. The van der Waals surface area contributed by atoms with Crippen LogP contribution in [0.3, 0.4) is 0 Å². The summed E-state index contributed by atoms with van der Waals surface area (Å²) < 4.78 is 5.46. The normalized spacial score (nSPS) is 14.3. The fourth-order valence-corrected chi connectivity index (χ4v) is 4.43. The molecule has 0 bridgehead atoms. The Bertz CT molecular complexity index is 990. The van der Waals surface area contributed by atoms with Crippen LogP contribution in [-0.4, -0.2) is 54.7 Å². The van der Waals surface area contributed by atoms with Gasteiger partial charge in [-0.05, 0) is 32.9 Å². The molecule has 0 aliphatic carbocycles. The zero-order valence-corrected chi connectivity index (χ0v) is 18.6. The Morgan fingerprint density at radius 1 is 1.06 bits per heavy atom. The predicted octanol–water partition coefficient (Wildman–Crippen LogP) is 3.06. The first-order chi connectivity index (χ1) is 14.5. The number of amides is 4. The number of hydrogen-bond acceptors (Lipinski definition) is 6. The highest BCUT2D eigenvalue weighted by Gasteiger charge is 2.27. The lowest BCUT2D eigenvalue weighted by Gasteiger charge is -2.37. The first kappa shape index (κ1) is 22.4. The van der Waals surface area contributed by atoms with Gasteiger partial charge in [0.1, 0.15) is 10.6 Å². The number of urea groups is 1. The summed E-state index contributed by atoms with van der Waals surface area (Å²) in [5, 5.41) is 2.78. The Morgan fingerprint density at radius 2 is 1.71 bits per heavy atom. The van der Waals surface area contributed by atoms with E-state index >= 15 is 0 Å². The van der Waals surface area contributed by atoms with Crippen molar-refractivity contribution >= 4 is 40.1 Å². The number of piperazine rings is 1. The van der Waals surface area contributed by atoms with E-state index in [2.05, 4.69) is 10.2 Å². The molecular weight excluding hydrogens is 418 g/mol. The van der Waals surface area contributed by atoms with Gasteiger partial charge in [-0.25, -0.2) is 9.59 Å². The number of primary amides is 2. The van der Waals surface area contributed by atoms with E-state index in [4.69, 9.17) is 16.2 Å². The van der Waals surface area contributed by atoms with Gasteiger partial charge in [-0.15, -0.1) is 11.3 Å². The summed E-state index contributed by atoms with van der Waals surface area (Å²) in [5.41, 5.74) is 12.2. The first-order valence-electron chi connectivity index (χ1n) is 9.87. The van der Waals surface area contributed by atoms with E-state index < -0.39 is 17.5 Å². The van der Waals surface area contributed by atoms with Crippen molar-refractivity contribution in [2.75, 3.05) is 36.4 Å². The van der Waals surface area contributed by atoms with Crippen molar-refractivity contribution in [3.05, 3.63) is 35.9 Å². The molecule has 2 aromatic rings. The summed E-state index contributed by atoms with van der Waals surface area (Å²) in [6.07, 6.45) is -0.313. The SMILES string of the molecule is CC(C)(C)OC(=O)N1CCN(c2ccccc2-c2cc(C(N)=O)c(NC(N)=O)s2)CC1. The summed E-state index contributed by atoms with van der Waals surface area (Å²) in [4.78, 5) is 40.1. The highest BCUT2D eigenvalue weighted by molar-refractivity contribution is 7.20. The molecule has 3 rings (SSSR count). The van der Waals surface area contributed by atoms with Crippen LogP contribution in [-0.2, 0) is 4.74 Å². The maximum Gasteiger partial charge on any atom is 0.410 e. The number of nitrogens with one attached hydrogen (secondary N) is 1. The minimum Gasteiger partial charge on any atom is -0.444 e. The fourth-order valence-electron chi connectivity index (χ4n) is 3.33. The molecule has 9 nitrogen and oxygen atoms in total. The van der Waals surface area contributed by atoms with Gasteiger partial charge in [-0.1, -0.05) is 18.2 Å². The standard InChI is InChI=1S/C21H27N5O4S/c1-21(2,3)30-20(29)26-10-8-25(9-11-26)15-7-5-4-6-13(15)16-12-14(17(22)27)18(31-16)24-19(23)28/h4-7,12H,8-11H2,1-3H3,(H2,22,27)(H3,23,24,28). The average Bonchev–Trinajstić information content (AvgIpc) is 3.10. The molecule has 0 unspecified atom stereocenters. The van der Waals surface area contributed by atoms with Crippen molar-refractivity contribution in [1.29, 1.82) is 0 Å². The Balaban J connectivity index is 1.82. The molecule has 2 heterocycles. The number of nitrogens with two attached hydrogens (primary N) is 2. The molecule has 31 heavy (non-hydrogen) atoms. The molecule has 1 saturated heterocycles. The molecule has 1 aromatic heterocycles. The zero-order valence-electron chi connectivity index (χ0n) is 17.8. The molecule has 1 aliphatic rings. The van der Waals surface area contributed by atoms with Gasteiger partial charge in [0.05, 0.1) is 5.56 Å². The molecule has 0 atom stereocenters.